The van der Waals surface area contributed by atoms with E-state index in [2.05, 4.69) is 5.16 Å². The minimum Gasteiger partial charge on any atom is -0.488 e. The molecule has 0 unspecified atom stereocenters. The first-order chi connectivity index (χ1) is 9.19. The highest BCUT2D eigenvalue weighted by Gasteiger charge is 2.03. The fraction of sp³-hybridized carbons (Fsp3) is 0.133. The van der Waals surface area contributed by atoms with Gasteiger partial charge in [0.1, 0.15) is 12.4 Å². The summed E-state index contributed by atoms with van der Waals surface area (Å²) in [5, 5.41) is 12.2. The fourth-order valence-corrected chi connectivity index (χ4v) is 1.84. The molecule has 0 saturated heterocycles. The third-order valence-electron chi connectivity index (χ3n) is 2.68. The van der Waals surface area contributed by atoms with Crippen LogP contribution in [-0.4, -0.2) is 11.4 Å². The Morgan fingerprint density at radius 2 is 1.95 bits per heavy atom. The van der Waals surface area contributed by atoms with Gasteiger partial charge in [-0.25, -0.2) is 0 Å². The van der Waals surface area contributed by atoms with Crippen molar-refractivity contribution in [3.63, 3.8) is 0 Å². The van der Waals surface area contributed by atoms with Gasteiger partial charge in [0.2, 0.25) is 0 Å². The molecule has 4 heteroatoms. The molecule has 1 N–H and O–H groups in total. The SMILES string of the molecule is Cc1ccc(COc2ccc(Cl)cc2/C=N\O)cc1. The molecule has 3 nitrogen and oxygen atoms in total. The summed E-state index contributed by atoms with van der Waals surface area (Å²) in [7, 11) is 0. The van der Waals surface area contributed by atoms with Crippen molar-refractivity contribution in [2.45, 2.75) is 13.5 Å². The largest absolute Gasteiger partial charge is 0.488 e. The molecule has 0 aliphatic rings. The molecule has 0 amide bonds. The lowest BCUT2D eigenvalue weighted by molar-refractivity contribution is 0.304. The van der Waals surface area contributed by atoms with Crippen LogP contribution in [0.1, 0.15) is 16.7 Å². The molecule has 0 aliphatic carbocycles. The number of benzene rings is 2. The number of rotatable bonds is 4. The molecule has 2 aromatic rings. The first-order valence-corrected chi connectivity index (χ1v) is 6.22. The minimum absolute atomic E-state index is 0.453. The molecule has 98 valence electrons. The quantitative estimate of drug-likeness (QED) is 0.520. The minimum atomic E-state index is 0.453. The summed E-state index contributed by atoms with van der Waals surface area (Å²) in [6.45, 7) is 2.49. The maximum absolute atomic E-state index is 8.62. The maximum Gasteiger partial charge on any atom is 0.128 e. The summed E-state index contributed by atoms with van der Waals surface area (Å²) in [6, 6.07) is 13.3. The number of oxime groups is 1. The second-order valence-electron chi connectivity index (χ2n) is 4.20. The van der Waals surface area contributed by atoms with Crippen LogP contribution in [0.3, 0.4) is 0 Å². The van der Waals surface area contributed by atoms with Gasteiger partial charge in [-0.2, -0.15) is 0 Å². The van der Waals surface area contributed by atoms with Gasteiger partial charge in [0.25, 0.3) is 0 Å². The number of ether oxygens (including phenoxy) is 1. The zero-order valence-corrected chi connectivity index (χ0v) is 11.3. The highest BCUT2D eigenvalue weighted by atomic mass is 35.5. The second-order valence-corrected chi connectivity index (χ2v) is 4.64. The standard InChI is InChI=1S/C15H14ClNO2/c1-11-2-4-12(5-3-11)10-19-15-7-6-14(16)8-13(15)9-17-18/h2-9,18H,10H2,1H3/b17-9-. The van der Waals surface area contributed by atoms with E-state index in [1.165, 1.54) is 11.8 Å². The number of hydrogen-bond donors (Lipinski definition) is 1. The smallest absolute Gasteiger partial charge is 0.128 e. The van der Waals surface area contributed by atoms with E-state index >= 15 is 0 Å². The number of hydrogen-bond acceptors (Lipinski definition) is 3. The van der Waals surface area contributed by atoms with Gasteiger partial charge in [0, 0.05) is 10.6 Å². The molecule has 0 spiro atoms. The molecule has 2 aromatic carbocycles. The molecule has 0 radical (unpaired) electrons. The highest BCUT2D eigenvalue weighted by molar-refractivity contribution is 6.30. The van der Waals surface area contributed by atoms with Crippen molar-refractivity contribution in [2.24, 2.45) is 5.16 Å². The normalized spacial score (nSPS) is 10.8. The van der Waals surface area contributed by atoms with Crippen LogP contribution in [0.4, 0.5) is 0 Å². The lowest BCUT2D eigenvalue weighted by Crippen LogP contribution is -1.98. The van der Waals surface area contributed by atoms with E-state index in [-0.39, 0.29) is 0 Å². The van der Waals surface area contributed by atoms with Gasteiger partial charge < -0.3 is 9.94 Å². The van der Waals surface area contributed by atoms with Crippen molar-refractivity contribution in [3.05, 3.63) is 64.2 Å². The monoisotopic (exact) mass is 275 g/mol. The van der Waals surface area contributed by atoms with Gasteiger partial charge in [0.15, 0.2) is 0 Å². The fourth-order valence-electron chi connectivity index (χ4n) is 1.66. The summed E-state index contributed by atoms with van der Waals surface area (Å²) < 4.78 is 5.71. The van der Waals surface area contributed by atoms with E-state index < -0.39 is 0 Å². The predicted octanol–water partition coefficient (Wildman–Crippen LogP) is 4.04. The third kappa shape index (κ3) is 3.73. The number of aryl methyl sites for hydroxylation is 1. The Morgan fingerprint density at radius 3 is 2.63 bits per heavy atom. The van der Waals surface area contributed by atoms with Crippen LogP contribution in [0.2, 0.25) is 5.02 Å². The molecule has 2 rings (SSSR count). The Bertz CT molecular complexity index is 579. The van der Waals surface area contributed by atoms with E-state index in [1.807, 2.05) is 31.2 Å². The zero-order valence-electron chi connectivity index (χ0n) is 10.5. The Balaban J connectivity index is 2.12. The summed E-state index contributed by atoms with van der Waals surface area (Å²) in [6.07, 6.45) is 1.30. The van der Waals surface area contributed by atoms with Crippen molar-refractivity contribution < 1.29 is 9.94 Å². The topological polar surface area (TPSA) is 41.8 Å². The molecular weight excluding hydrogens is 262 g/mol. The molecule has 19 heavy (non-hydrogen) atoms. The van der Waals surface area contributed by atoms with Crippen LogP contribution >= 0.6 is 11.6 Å². The van der Waals surface area contributed by atoms with E-state index in [1.54, 1.807) is 18.2 Å². The summed E-state index contributed by atoms with van der Waals surface area (Å²) in [4.78, 5) is 0. The van der Waals surface area contributed by atoms with Crippen molar-refractivity contribution in [3.8, 4) is 5.75 Å². The average Bonchev–Trinajstić information content (AvgIpc) is 2.40. The van der Waals surface area contributed by atoms with Crippen LogP contribution in [-0.2, 0) is 6.61 Å². The van der Waals surface area contributed by atoms with Gasteiger partial charge in [-0.15, -0.1) is 0 Å². The first-order valence-electron chi connectivity index (χ1n) is 5.84. The van der Waals surface area contributed by atoms with E-state index in [4.69, 9.17) is 21.5 Å². The third-order valence-corrected chi connectivity index (χ3v) is 2.92. The lowest BCUT2D eigenvalue weighted by Gasteiger charge is -2.09. The molecule has 0 aliphatic heterocycles. The Kier molecular flexibility index (Phi) is 4.42. The van der Waals surface area contributed by atoms with Gasteiger partial charge in [-0.3, -0.25) is 0 Å². The summed E-state index contributed by atoms with van der Waals surface area (Å²) >= 11 is 5.89. The molecule has 0 heterocycles. The first kappa shape index (κ1) is 13.4. The second kappa shape index (κ2) is 6.25. The Hall–Kier alpha value is -2.00. The van der Waals surface area contributed by atoms with Crippen LogP contribution in [0, 0.1) is 6.92 Å². The highest BCUT2D eigenvalue weighted by Crippen LogP contribution is 2.22. The van der Waals surface area contributed by atoms with Gasteiger partial charge in [-0.1, -0.05) is 46.6 Å². The Labute approximate surface area is 117 Å². The maximum atomic E-state index is 8.62. The van der Waals surface area contributed by atoms with Crippen molar-refractivity contribution in [1.82, 2.24) is 0 Å². The molecule has 0 aromatic heterocycles. The summed E-state index contributed by atoms with van der Waals surface area (Å²) in [5.41, 5.74) is 2.93. The van der Waals surface area contributed by atoms with Gasteiger partial charge >= 0.3 is 0 Å². The van der Waals surface area contributed by atoms with Gasteiger partial charge in [-0.05, 0) is 30.7 Å². The zero-order chi connectivity index (χ0) is 13.7. The van der Waals surface area contributed by atoms with E-state index in [9.17, 15) is 0 Å². The van der Waals surface area contributed by atoms with Crippen LogP contribution in [0.25, 0.3) is 0 Å². The van der Waals surface area contributed by atoms with Crippen molar-refractivity contribution in [2.75, 3.05) is 0 Å². The van der Waals surface area contributed by atoms with Gasteiger partial charge in [0.05, 0.1) is 6.21 Å². The van der Waals surface area contributed by atoms with Crippen LogP contribution < -0.4 is 4.74 Å². The molecule has 0 fully saturated rings. The Morgan fingerprint density at radius 1 is 1.21 bits per heavy atom. The van der Waals surface area contributed by atoms with Crippen LogP contribution in [0.15, 0.2) is 47.6 Å². The molecular formula is C15H14ClNO2. The molecule has 0 bridgehead atoms. The average molecular weight is 276 g/mol. The number of nitrogens with zero attached hydrogens (tertiary/aromatic N) is 1. The molecule has 0 saturated carbocycles. The van der Waals surface area contributed by atoms with Crippen LogP contribution in [0.5, 0.6) is 5.75 Å². The predicted molar refractivity (Wildman–Crippen MR) is 76.3 cm³/mol. The summed E-state index contributed by atoms with van der Waals surface area (Å²) in [5.74, 6) is 0.628. The van der Waals surface area contributed by atoms with E-state index in [0.717, 1.165) is 5.56 Å². The molecule has 0 atom stereocenters. The number of halogens is 1. The van der Waals surface area contributed by atoms with Crippen molar-refractivity contribution >= 4 is 17.8 Å². The van der Waals surface area contributed by atoms with Crippen molar-refractivity contribution in [1.29, 1.82) is 0 Å². The van der Waals surface area contributed by atoms with E-state index in [0.29, 0.717) is 22.9 Å². The lowest BCUT2D eigenvalue weighted by atomic mass is 10.1.